The maximum atomic E-state index is 9.46. The monoisotopic (exact) mass is 248 g/mol. The van der Waals surface area contributed by atoms with E-state index in [1.807, 2.05) is 0 Å². The molecule has 1 fully saturated rings. The van der Waals surface area contributed by atoms with Gasteiger partial charge in [-0.25, -0.2) is 0 Å². The van der Waals surface area contributed by atoms with Crippen LogP contribution in [0.5, 0.6) is 0 Å². The van der Waals surface area contributed by atoms with Gasteiger partial charge in [0.1, 0.15) is 0 Å². The van der Waals surface area contributed by atoms with E-state index >= 15 is 0 Å². The number of hydrogen-bond acceptors (Lipinski definition) is 2. The maximum absolute atomic E-state index is 9.46. The number of alkyl halides is 1. The van der Waals surface area contributed by atoms with Gasteiger partial charge in [-0.3, -0.25) is 0 Å². The molecule has 0 heterocycles. The molecule has 1 N–H and O–H groups in total. The topological polar surface area (TPSA) is 29.5 Å². The summed E-state index contributed by atoms with van der Waals surface area (Å²) < 4.78 is 5.99. The van der Waals surface area contributed by atoms with E-state index in [2.05, 4.69) is 20.8 Å². The Morgan fingerprint density at radius 2 is 2.00 bits per heavy atom. The first-order valence-corrected chi connectivity index (χ1v) is 6.81. The van der Waals surface area contributed by atoms with Crippen LogP contribution >= 0.6 is 11.6 Å². The van der Waals surface area contributed by atoms with E-state index in [1.54, 1.807) is 6.92 Å². The van der Waals surface area contributed by atoms with Crippen LogP contribution in [0.15, 0.2) is 0 Å². The summed E-state index contributed by atoms with van der Waals surface area (Å²) in [6, 6.07) is 0. The van der Waals surface area contributed by atoms with Gasteiger partial charge in [0.2, 0.25) is 0 Å². The summed E-state index contributed by atoms with van der Waals surface area (Å²) in [5, 5.41) is 9.46. The summed E-state index contributed by atoms with van der Waals surface area (Å²) in [5.74, 6) is 1.13. The lowest BCUT2D eigenvalue weighted by Gasteiger charge is -2.44. The van der Waals surface area contributed by atoms with Crippen molar-refractivity contribution in [1.29, 1.82) is 0 Å². The highest BCUT2D eigenvalue weighted by Crippen LogP contribution is 2.41. The molecule has 0 aromatic carbocycles. The van der Waals surface area contributed by atoms with Crippen molar-refractivity contribution in [3.63, 3.8) is 0 Å². The predicted molar refractivity (Wildman–Crippen MR) is 67.6 cm³/mol. The molecule has 0 aromatic heterocycles. The van der Waals surface area contributed by atoms with Crippen molar-refractivity contribution in [2.24, 2.45) is 11.8 Å². The predicted octanol–water partition coefficient (Wildman–Crippen LogP) is 3.55. The number of halogens is 1. The molecule has 1 aliphatic carbocycles. The minimum absolute atomic E-state index is 0.138. The molecule has 0 amide bonds. The van der Waals surface area contributed by atoms with Gasteiger partial charge in [-0.2, -0.15) is 0 Å². The molecule has 1 aliphatic rings. The van der Waals surface area contributed by atoms with Crippen LogP contribution in [0.4, 0.5) is 0 Å². The molecule has 4 atom stereocenters. The zero-order chi connectivity index (χ0) is 12.3. The van der Waals surface area contributed by atoms with Crippen molar-refractivity contribution in [2.75, 3.05) is 0 Å². The van der Waals surface area contributed by atoms with Crippen LogP contribution in [-0.4, -0.2) is 22.4 Å². The maximum Gasteiger partial charge on any atom is 0.157 e. The number of aliphatic hydroxyl groups is 1. The van der Waals surface area contributed by atoms with E-state index in [9.17, 15) is 5.11 Å². The Morgan fingerprint density at radius 1 is 1.38 bits per heavy atom. The van der Waals surface area contributed by atoms with Gasteiger partial charge in [0.15, 0.2) is 5.56 Å². The standard InChI is InChI=1S/C13H25ClO2/c1-9(2)13(16-12(14)11(4)15)7-5-6-10(3)8-13/h9-12,15H,5-8H2,1-4H3. The molecular formula is C13H25ClO2. The molecule has 0 radical (unpaired) electrons. The Labute approximate surface area is 104 Å². The summed E-state index contributed by atoms with van der Waals surface area (Å²) in [5.41, 5.74) is -0.728. The van der Waals surface area contributed by atoms with E-state index < -0.39 is 11.7 Å². The molecule has 96 valence electrons. The van der Waals surface area contributed by atoms with Crippen molar-refractivity contribution in [3.05, 3.63) is 0 Å². The van der Waals surface area contributed by atoms with Crippen LogP contribution in [0.1, 0.15) is 53.4 Å². The SMILES string of the molecule is CC1CCCC(OC(Cl)C(C)O)(C(C)C)C1. The second-order valence-electron chi connectivity index (χ2n) is 5.63. The van der Waals surface area contributed by atoms with E-state index in [0.29, 0.717) is 11.8 Å². The summed E-state index contributed by atoms with van der Waals surface area (Å²) >= 11 is 6.06. The smallest absolute Gasteiger partial charge is 0.157 e. The molecule has 1 rings (SSSR count). The summed E-state index contributed by atoms with van der Waals surface area (Å²) in [6.07, 6.45) is 3.97. The zero-order valence-corrected chi connectivity index (χ0v) is 11.6. The molecule has 16 heavy (non-hydrogen) atoms. The fraction of sp³-hybridized carbons (Fsp3) is 1.00. The van der Waals surface area contributed by atoms with Crippen molar-refractivity contribution in [2.45, 2.75) is 70.6 Å². The highest BCUT2D eigenvalue weighted by molar-refractivity contribution is 6.20. The van der Waals surface area contributed by atoms with E-state index in [0.717, 1.165) is 12.8 Å². The van der Waals surface area contributed by atoms with Crippen LogP contribution in [-0.2, 0) is 4.74 Å². The first-order chi connectivity index (χ1) is 7.37. The molecule has 1 saturated carbocycles. The largest absolute Gasteiger partial charge is 0.389 e. The minimum Gasteiger partial charge on any atom is -0.389 e. The Morgan fingerprint density at radius 3 is 2.44 bits per heavy atom. The molecular weight excluding hydrogens is 224 g/mol. The van der Waals surface area contributed by atoms with Gasteiger partial charge in [-0.15, -0.1) is 0 Å². The van der Waals surface area contributed by atoms with Crippen LogP contribution in [0, 0.1) is 11.8 Å². The molecule has 0 aromatic rings. The molecule has 0 bridgehead atoms. The van der Waals surface area contributed by atoms with Gasteiger partial charge >= 0.3 is 0 Å². The highest BCUT2D eigenvalue weighted by atomic mass is 35.5. The normalized spacial score (nSPS) is 35.1. The fourth-order valence-corrected chi connectivity index (χ4v) is 2.81. The number of rotatable bonds is 4. The lowest BCUT2D eigenvalue weighted by molar-refractivity contribution is -0.146. The molecule has 2 nitrogen and oxygen atoms in total. The van der Waals surface area contributed by atoms with Gasteiger partial charge in [-0.1, -0.05) is 45.2 Å². The third kappa shape index (κ3) is 3.35. The van der Waals surface area contributed by atoms with Crippen molar-refractivity contribution >= 4 is 11.6 Å². The van der Waals surface area contributed by atoms with Gasteiger partial charge in [0.05, 0.1) is 11.7 Å². The fourth-order valence-electron chi connectivity index (χ4n) is 2.63. The molecule has 0 aliphatic heterocycles. The number of aliphatic hydroxyl groups excluding tert-OH is 1. The lowest BCUT2D eigenvalue weighted by Crippen LogP contribution is -2.46. The van der Waals surface area contributed by atoms with Crippen molar-refractivity contribution in [1.82, 2.24) is 0 Å². The third-order valence-corrected chi connectivity index (χ3v) is 4.22. The van der Waals surface area contributed by atoms with Gasteiger partial charge in [-0.05, 0) is 31.6 Å². The van der Waals surface area contributed by atoms with Gasteiger partial charge in [0, 0.05) is 0 Å². The number of ether oxygens (including phenoxy) is 1. The van der Waals surface area contributed by atoms with E-state index in [4.69, 9.17) is 16.3 Å². The molecule has 4 unspecified atom stereocenters. The van der Waals surface area contributed by atoms with Crippen molar-refractivity contribution in [3.8, 4) is 0 Å². The first-order valence-electron chi connectivity index (χ1n) is 6.37. The Bertz CT molecular complexity index is 218. The Balaban J connectivity index is 2.72. The highest BCUT2D eigenvalue weighted by Gasteiger charge is 2.41. The quantitative estimate of drug-likeness (QED) is 0.771. The molecule has 0 saturated heterocycles. The Hall–Kier alpha value is 0.210. The van der Waals surface area contributed by atoms with Crippen LogP contribution in [0.3, 0.4) is 0 Å². The molecule has 0 spiro atoms. The molecule has 3 heteroatoms. The van der Waals surface area contributed by atoms with Gasteiger partial charge in [0.25, 0.3) is 0 Å². The third-order valence-electron chi connectivity index (χ3n) is 3.77. The van der Waals surface area contributed by atoms with Crippen LogP contribution < -0.4 is 0 Å². The van der Waals surface area contributed by atoms with Crippen molar-refractivity contribution < 1.29 is 9.84 Å². The van der Waals surface area contributed by atoms with Gasteiger partial charge < -0.3 is 9.84 Å². The summed E-state index contributed by atoms with van der Waals surface area (Å²) in [6.45, 7) is 8.32. The second-order valence-corrected chi connectivity index (χ2v) is 6.06. The number of hydrogen-bond donors (Lipinski definition) is 1. The second kappa shape index (κ2) is 5.70. The summed E-state index contributed by atoms with van der Waals surface area (Å²) in [4.78, 5) is 0. The van der Waals surface area contributed by atoms with Crippen LogP contribution in [0.2, 0.25) is 0 Å². The van der Waals surface area contributed by atoms with E-state index in [1.165, 1.54) is 12.8 Å². The minimum atomic E-state index is -0.616. The lowest BCUT2D eigenvalue weighted by atomic mass is 9.73. The first kappa shape index (κ1) is 14.3. The average molecular weight is 249 g/mol. The zero-order valence-electron chi connectivity index (χ0n) is 10.9. The average Bonchev–Trinajstić information content (AvgIpc) is 2.17. The van der Waals surface area contributed by atoms with E-state index in [-0.39, 0.29) is 5.60 Å². The Kier molecular flexibility index (Phi) is 5.09. The van der Waals surface area contributed by atoms with Crippen LogP contribution in [0.25, 0.3) is 0 Å². The summed E-state index contributed by atoms with van der Waals surface area (Å²) in [7, 11) is 0.